The Kier molecular flexibility index (Phi) is 3.92. The topological polar surface area (TPSA) is 23.6 Å². The monoisotopic (exact) mass is 228 g/mol. The van der Waals surface area contributed by atoms with Crippen LogP contribution in [-0.2, 0) is 4.79 Å². The molecule has 0 spiro atoms. The maximum Gasteiger partial charge on any atom is 0.239 e. The molecule has 2 rings (SSSR count). The van der Waals surface area contributed by atoms with Crippen molar-refractivity contribution < 1.29 is 4.79 Å². The summed E-state index contributed by atoms with van der Waals surface area (Å²) in [7, 11) is 0. The summed E-state index contributed by atoms with van der Waals surface area (Å²) in [6.45, 7) is 6.17. The fraction of sp³-hybridized carbons (Fsp3) is 0.909. The zero-order chi connectivity index (χ0) is 10.7. The van der Waals surface area contributed by atoms with E-state index >= 15 is 0 Å². The average Bonchev–Trinajstić information content (AvgIpc) is 2.82. The second-order valence-electron chi connectivity index (χ2n) is 4.36. The minimum absolute atomic E-state index is 0.101. The highest BCUT2D eigenvalue weighted by Crippen LogP contribution is 2.16. The molecule has 2 aliphatic rings. The number of hydrogen-bond donors (Lipinski definition) is 0. The van der Waals surface area contributed by atoms with Crippen molar-refractivity contribution in [3.63, 3.8) is 0 Å². The van der Waals surface area contributed by atoms with Crippen LogP contribution < -0.4 is 0 Å². The Morgan fingerprint density at radius 3 is 2.33 bits per heavy atom. The van der Waals surface area contributed by atoms with Crippen LogP contribution >= 0.6 is 11.8 Å². The van der Waals surface area contributed by atoms with Crippen LogP contribution in [0.4, 0.5) is 0 Å². The predicted octanol–water partition coefficient (Wildman–Crippen LogP) is 1.05. The first-order valence-electron chi connectivity index (χ1n) is 5.89. The molecular weight excluding hydrogens is 208 g/mol. The van der Waals surface area contributed by atoms with E-state index in [1.165, 1.54) is 24.3 Å². The summed E-state index contributed by atoms with van der Waals surface area (Å²) in [5.74, 6) is 2.70. The van der Waals surface area contributed by atoms with Gasteiger partial charge in [-0.25, -0.2) is 0 Å². The lowest BCUT2D eigenvalue weighted by atomic mass is 10.2. The minimum Gasteiger partial charge on any atom is -0.341 e. The van der Waals surface area contributed by atoms with E-state index < -0.39 is 0 Å². The van der Waals surface area contributed by atoms with E-state index in [-0.39, 0.29) is 6.04 Å². The van der Waals surface area contributed by atoms with Gasteiger partial charge in [-0.05, 0) is 19.8 Å². The van der Waals surface area contributed by atoms with Gasteiger partial charge in [-0.15, -0.1) is 0 Å². The molecule has 0 aromatic heterocycles. The molecule has 0 radical (unpaired) electrons. The standard InChI is InChI=1S/C11H20N2OS/c1-10(12-6-8-15-9-7-12)11(14)13-4-2-3-5-13/h10H,2-9H2,1H3/t10-/m0/s1. The normalized spacial score (nSPS) is 25.5. The number of carbonyl (C=O) groups excluding carboxylic acids is 1. The lowest BCUT2D eigenvalue weighted by Crippen LogP contribution is -2.49. The maximum atomic E-state index is 12.1. The summed E-state index contributed by atoms with van der Waals surface area (Å²) < 4.78 is 0. The quantitative estimate of drug-likeness (QED) is 0.706. The van der Waals surface area contributed by atoms with Crippen molar-refractivity contribution in [1.82, 2.24) is 9.80 Å². The molecule has 1 atom stereocenters. The smallest absolute Gasteiger partial charge is 0.239 e. The summed E-state index contributed by atoms with van der Waals surface area (Å²) in [4.78, 5) is 16.5. The number of hydrogen-bond acceptors (Lipinski definition) is 3. The zero-order valence-corrected chi connectivity index (χ0v) is 10.3. The van der Waals surface area contributed by atoms with Gasteiger partial charge < -0.3 is 4.90 Å². The Morgan fingerprint density at radius 1 is 1.13 bits per heavy atom. The van der Waals surface area contributed by atoms with Crippen molar-refractivity contribution in [1.29, 1.82) is 0 Å². The molecule has 1 amide bonds. The van der Waals surface area contributed by atoms with E-state index in [0.717, 1.165) is 26.2 Å². The van der Waals surface area contributed by atoms with Crippen molar-refractivity contribution in [2.45, 2.75) is 25.8 Å². The van der Waals surface area contributed by atoms with Crippen LogP contribution in [0.3, 0.4) is 0 Å². The highest BCUT2D eigenvalue weighted by atomic mass is 32.2. The molecule has 2 saturated heterocycles. The Hall–Kier alpha value is -0.220. The van der Waals surface area contributed by atoms with Gasteiger partial charge in [0.1, 0.15) is 0 Å². The van der Waals surface area contributed by atoms with Crippen LogP contribution in [0.5, 0.6) is 0 Å². The van der Waals surface area contributed by atoms with Gasteiger partial charge in [0.25, 0.3) is 0 Å². The molecular formula is C11H20N2OS. The molecule has 0 unspecified atom stereocenters. The minimum atomic E-state index is 0.101. The molecule has 0 N–H and O–H groups in total. The van der Waals surface area contributed by atoms with E-state index in [9.17, 15) is 4.79 Å². The third-order valence-corrected chi connectivity index (χ3v) is 4.31. The third kappa shape index (κ3) is 2.67. The zero-order valence-electron chi connectivity index (χ0n) is 9.45. The summed E-state index contributed by atoms with van der Waals surface area (Å²) >= 11 is 1.99. The van der Waals surface area contributed by atoms with Gasteiger partial charge in [0, 0.05) is 37.7 Å². The third-order valence-electron chi connectivity index (χ3n) is 3.37. The molecule has 0 saturated carbocycles. The number of thioether (sulfide) groups is 1. The van der Waals surface area contributed by atoms with Crippen molar-refractivity contribution in [3.8, 4) is 0 Å². The summed E-state index contributed by atoms with van der Waals surface area (Å²) in [5.41, 5.74) is 0. The lowest BCUT2D eigenvalue weighted by molar-refractivity contribution is -0.135. The van der Waals surface area contributed by atoms with E-state index in [0.29, 0.717) is 5.91 Å². The summed E-state index contributed by atoms with van der Waals surface area (Å²) in [5, 5.41) is 0. The predicted molar refractivity (Wildman–Crippen MR) is 64.2 cm³/mol. The molecule has 2 heterocycles. The first-order valence-corrected chi connectivity index (χ1v) is 7.05. The van der Waals surface area contributed by atoms with Crippen LogP contribution in [-0.4, -0.2) is 59.4 Å². The van der Waals surface area contributed by atoms with Crippen molar-refractivity contribution >= 4 is 17.7 Å². The number of rotatable bonds is 2. The SMILES string of the molecule is C[C@@H](C(=O)N1CCCC1)N1CCSCC1. The van der Waals surface area contributed by atoms with Gasteiger partial charge in [0.15, 0.2) is 0 Å². The number of likely N-dealkylation sites (tertiary alicyclic amines) is 1. The second kappa shape index (κ2) is 5.21. The van der Waals surface area contributed by atoms with Gasteiger partial charge in [0.05, 0.1) is 6.04 Å². The van der Waals surface area contributed by atoms with E-state index in [1.54, 1.807) is 0 Å². The van der Waals surface area contributed by atoms with Crippen LogP contribution in [0.1, 0.15) is 19.8 Å². The molecule has 3 nitrogen and oxygen atoms in total. The molecule has 0 aromatic carbocycles. The van der Waals surface area contributed by atoms with Crippen molar-refractivity contribution in [3.05, 3.63) is 0 Å². The Bertz CT molecular complexity index is 223. The number of nitrogens with zero attached hydrogens (tertiary/aromatic N) is 2. The van der Waals surface area contributed by atoms with Gasteiger partial charge in [-0.3, -0.25) is 9.69 Å². The summed E-state index contributed by atoms with van der Waals surface area (Å²) in [6.07, 6.45) is 2.38. The van der Waals surface area contributed by atoms with Gasteiger partial charge in [-0.1, -0.05) is 0 Å². The van der Waals surface area contributed by atoms with E-state index in [2.05, 4.69) is 11.8 Å². The molecule has 2 aliphatic heterocycles. The van der Waals surface area contributed by atoms with Crippen molar-refractivity contribution in [2.24, 2.45) is 0 Å². The molecule has 15 heavy (non-hydrogen) atoms. The Labute approximate surface area is 96.2 Å². The van der Waals surface area contributed by atoms with Crippen LogP contribution in [0, 0.1) is 0 Å². The largest absolute Gasteiger partial charge is 0.341 e. The lowest BCUT2D eigenvalue weighted by Gasteiger charge is -2.33. The van der Waals surface area contributed by atoms with Gasteiger partial charge >= 0.3 is 0 Å². The van der Waals surface area contributed by atoms with Crippen LogP contribution in [0.2, 0.25) is 0 Å². The Morgan fingerprint density at radius 2 is 1.73 bits per heavy atom. The highest BCUT2D eigenvalue weighted by Gasteiger charge is 2.28. The van der Waals surface area contributed by atoms with Crippen molar-refractivity contribution in [2.75, 3.05) is 37.7 Å². The first-order chi connectivity index (χ1) is 7.29. The van der Waals surface area contributed by atoms with Crippen LogP contribution in [0.15, 0.2) is 0 Å². The first kappa shape index (κ1) is 11.3. The Balaban J connectivity index is 1.87. The molecule has 0 aliphatic carbocycles. The maximum absolute atomic E-state index is 12.1. The second-order valence-corrected chi connectivity index (χ2v) is 5.58. The van der Waals surface area contributed by atoms with E-state index in [1.807, 2.05) is 16.7 Å². The van der Waals surface area contributed by atoms with Gasteiger partial charge in [0.2, 0.25) is 5.91 Å². The van der Waals surface area contributed by atoms with Gasteiger partial charge in [-0.2, -0.15) is 11.8 Å². The summed E-state index contributed by atoms with van der Waals surface area (Å²) in [6, 6.07) is 0.101. The molecule has 0 bridgehead atoms. The molecule has 86 valence electrons. The van der Waals surface area contributed by atoms with E-state index in [4.69, 9.17) is 0 Å². The number of amides is 1. The molecule has 4 heteroatoms. The fourth-order valence-electron chi connectivity index (χ4n) is 2.32. The fourth-order valence-corrected chi connectivity index (χ4v) is 3.25. The molecule has 2 fully saturated rings. The highest BCUT2D eigenvalue weighted by molar-refractivity contribution is 7.99. The number of carbonyl (C=O) groups is 1. The molecule has 0 aromatic rings. The average molecular weight is 228 g/mol. The van der Waals surface area contributed by atoms with Crippen LogP contribution in [0.25, 0.3) is 0 Å².